The molecule has 1 fully saturated rings. The molecule has 0 aromatic heterocycles. The van der Waals surface area contributed by atoms with Gasteiger partial charge in [-0.3, -0.25) is 4.84 Å². The fourth-order valence-electron chi connectivity index (χ4n) is 2.16. The Morgan fingerprint density at radius 3 is 3.00 bits per heavy atom. The average molecular weight is 217 g/mol. The second kappa shape index (κ2) is 5.40. The number of unbranched alkanes of at least 4 members (excludes halogenated alkanes) is 1. The van der Waals surface area contributed by atoms with E-state index in [0.717, 1.165) is 26.8 Å². The van der Waals surface area contributed by atoms with Gasteiger partial charge in [0.1, 0.15) is 0 Å². The van der Waals surface area contributed by atoms with Crippen molar-refractivity contribution in [3.8, 4) is 0 Å². The van der Waals surface area contributed by atoms with Crippen LogP contribution in [0.15, 0.2) is 18.2 Å². The third-order valence-electron chi connectivity index (χ3n) is 3.06. The van der Waals surface area contributed by atoms with E-state index in [-0.39, 0.29) is 0 Å². The molecule has 1 heterocycles. The van der Waals surface area contributed by atoms with Gasteiger partial charge in [-0.25, -0.2) is 0 Å². The molecule has 0 saturated carbocycles. The summed E-state index contributed by atoms with van der Waals surface area (Å²) in [4.78, 5) is 7.69. The number of aryl methyl sites for hydroxylation is 2. The third kappa shape index (κ3) is 2.59. The zero-order chi connectivity index (χ0) is 11.4. The molecule has 2 rings (SSSR count). The molecule has 1 aliphatic heterocycles. The number of nitrogens with zero attached hydrogens (tertiary/aromatic N) is 1. The molecule has 0 aliphatic carbocycles. The summed E-state index contributed by atoms with van der Waals surface area (Å²) < 4.78 is 0. The highest BCUT2D eigenvalue weighted by Crippen LogP contribution is 2.25. The van der Waals surface area contributed by atoms with E-state index in [1.54, 1.807) is 0 Å². The Morgan fingerprint density at radius 1 is 1.44 bits per heavy atom. The molecule has 1 aromatic carbocycles. The van der Waals surface area contributed by atoms with Crippen LogP contribution >= 0.6 is 0 Å². The predicted octanol–water partition coefficient (Wildman–Crippen LogP) is 2.86. The van der Waals surface area contributed by atoms with Crippen LogP contribution in [0.2, 0.25) is 6.32 Å². The van der Waals surface area contributed by atoms with E-state index in [0.29, 0.717) is 0 Å². The van der Waals surface area contributed by atoms with Crippen LogP contribution in [0, 0.1) is 6.92 Å². The van der Waals surface area contributed by atoms with Gasteiger partial charge in [-0.1, -0.05) is 31.0 Å². The normalized spacial score (nSPS) is 15.2. The van der Waals surface area contributed by atoms with Crippen LogP contribution in [0.1, 0.15) is 30.9 Å². The Kier molecular flexibility index (Phi) is 3.89. The molecule has 0 atom stereocenters. The van der Waals surface area contributed by atoms with Crippen molar-refractivity contribution >= 4 is 13.1 Å². The molecule has 2 nitrogen and oxygen atoms in total. The van der Waals surface area contributed by atoms with Crippen molar-refractivity contribution in [3.05, 3.63) is 29.3 Å². The zero-order valence-corrected chi connectivity index (χ0v) is 10.3. The van der Waals surface area contributed by atoms with Crippen molar-refractivity contribution in [2.75, 3.05) is 11.6 Å². The standard InChI is InChI=1S/C13H20BNO/c1-3-4-5-12-10-11(2)6-7-13(12)15-14-8-9-16-15/h6-7,10,14H,3-5,8-9H2,1-2H3. The van der Waals surface area contributed by atoms with Gasteiger partial charge in [0.15, 0.2) is 0 Å². The minimum Gasteiger partial charge on any atom is -0.305 e. The van der Waals surface area contributed by atoms with Crippen molar-refractivity contribution in [2.45, 2.75) is 39.4 Å². The fourth-order valence-corrected chi connectivity index (χ4v) is 2.16. The first-order valence-electron chi connectivity index (χ1n) is 6.31. The van der Waals surface area contributed by atoms with Crippen molar-refractivity contribution < 1.29 is 4.84 Å². The van der Waals surface area contributed by atoms with Crippen LogP contribution in [0.5, 0.6) is 0 Å². The van der Waals surface area contributed by atoms with E-state index in [9.17, 15) is 0 Å². The Bertz CT molecular complexity index is 348. The Labute approximate surface area is 98.8 Å². The summed E-state index contributed by atoms with van der Waals surface area (Å²) in [5.74, 6) is 0. The molecule has 0 bridgehead atoms. The summed E-state index contributed by atoms with van der Waals surface area (Å²) in [6.07, 6.45) is 4.80. The lowest BCUT2D eigenvalue weighted by Crippen LogP contribution is -2.20. The topological polar surface area (TPSA) is 12.5 Å². The molecular weight excluding hydrogens is 197 g/mol. The van der Waals surface area contributed by atoms with E-state index in [2.05, 4.69) is 37.0 Å². The minimum atomic E-state index is 0.862. The number of rotatable bonds is 4. The SMILES string of the molecule is CCCCc1cc(C)ccc1N1BCCO1. The minimum absolute atomic E-state index is 0.862. The summed E-state index contributed by atoms with van der Waals surface area (Å²) in [7, 11) is 1.03. The molecule has 86 valence electrons. The van der Waals surface area contributed by atoms with Gasteiger partial charge in [0.05, 0.1) is 12.3 Å². The molecule has 16 heavy (non-hydrogen) atoms. The van der Waals surface area contributed by atoms with Gasteiger partial charge in [0.2, 0.25) is 0 Å². The highest BCUT2D eigenvalue weighted by Gasteiger charge is 2.17. The van der Waals surface area contributed by atoms with Gasteiger partial charge >= 0.3 is 0 Å². The van der Waals surface area contributed by atoms with E-state index >= 15 is 0 Å². The first-order valence-corrected chi connectivity index (χ1v) is 6.31. The summed E-state index contributed by atoms with van der Waals surface area (Å²) in [6, 6.07) is 6.67. The Morgan fingerprint density at radius 2 is 2.31 bits per heavy atom. The molecular formula is C13H20BNO. The zero-order valence-electron chi connectivity index (χ0n) is 10.3. The number of hydrogen-bond donors (Lipinski definition) is 0. The smallest absolute Gasteiger partial charge is 0.275 e. The van der Waals surface area contributed by atoms with Gasteiger partial charge in [0.25, 0.3) is 7.41 Å². The van der Waals surface area contributed by atoms with E-state index in [4.69, 9.17) is 4.84 Å². The largest absolute Gasteiger partial charge is 0.305 e. The highest BCUT2D eigenvalue weighted by atomic mass is 16.7. The van der Waals surface area contributed by atoms with Crippen LogP contribution in [0.4, 0.5) is 5.69 Å². The van der Waals surface area contributed by atoms with Crippen LogP contribution in [0.25, 0.3) is 0 Å². The predicted molar refractivity (Wildman–Crippen MR) is 70.2 cm³/mol. The number of hydrogen-bond acceptors (Lipinski definition) is 2. The van der Waals surface area contributed by atoms with E-state index in [1.807, 2.05) is 0 Å². The average Bonchev–Trinajstić information content (AvgIpc) is 2.80. The van der Waals surface area contributed by atoms with E-state index in [1.165, 1.54) is 29.7 Å². The maximum Gasteiger partial charge on any atom is 0.275 e. The lowest BCUT2D eigenvalue weighted by atomic mass is 9.89. The van der Waals surface area contributed by atoms with Crippen molar-refractivity contribution in [3.63, 3.8) is 0 Å². The summed E-state index contributed by atoms with van der Waals surface area (Å²) in [5, 5.41) is 0. The first-order chi connectivity index (χ1) is 7.81. The van der Waals surface area contributed by atoms with Crippen LogP contribution in [-0.4, -0.2) is 14.0 Å². The second-order valence-corrected chi connectivity index (χ2v) is 4.52. The molecule has 1 saturated heterocycles. The summed E-state index contributed by atoms with van der Waals surface area (Å²) >= 11 is 0. The van der Waals surface area contributed by atoms with Gasteiger partial charge in [-0.15, -0.1) is 0 Å². The fraction of sp³-hybridized carbons (Fsp3) is 0.538. The number of benzene rings is 1. The molecule has 0 amide bonds. The van der Waals surface area contributed by atoms with Gasteiger partial charge in [0, 0.05) is 0 Å². The molecule has 0 N–H and O–H groups in total. The van der Waals surface area contributed by atoms with Crippen LogP contribution < -0.4 is 4.97 Å². The molecule has 0 spiro atoms. The van der Waals surface area contributed by atoms with E-state index < -0.39 is 0 Å². The molecule has 0 radical (unpaired) electrons. The Hall–Kier alpha value is -0.955. The third-order valence-corrected chi connectivity index (χ3v) is 3.06. The molecule has 1 aromatic rings. The monoisotopic (exact) mass is 217 g/mol. The van der Waals surface area contributed by atoms with Gasteiger partial charge < -0.3 is 4.97 Å². The lowest BCUT2D eigenvalue weighted by Gasteiger charge is -2.21. The summed E-state index contributed by atoms with van der Waals surface area (Å²) in [6.45, 7) is 5.26. The molecule has 3 heteroatoms. The van der Waals surface area contributed by atoms with Crippen LogP contribution in [-0.2, 0) is 11.3 Å². The lowest BCUT2D eigenvalue weighted by molar-refractivity contribution is 0.185. The molecule has 0 unspecified atom stereocenters. The van der Waals surface area contributed by atoms with Crippen molar-refractivity contribution in [2.24, 2.45) is 0 Å². The maximum absolute atomic E-state index is 5.63. The summed E-state index contributed by atoms with van der Waals surface area (Å²) in [5.41, 5.74) is 4.05. The van der Waals surface area contributed by atoms with Gasteiger partial charge in [-0.05, 0) is 37.7 Å². The highest BCUT2D eigenvalue weighted by molar-refractivity contribution is 6.41. The van der Waals surface area contributed by atoms with Gasteiger partial charge in [-0.2, -0.15) is 0 Å². The quantitative estimate of drug-likeness (QED) is 0.719. The number of anilines is 1. The Balaban J connectivity index is 2.20. The van der Waals surface area contributed by atoms with Crippen molar-refractivity contribution in [1.82, 2.24) is 0 Å². The van der Waals surface area contributed by atoms with Crippen molar-refractivity contribution in [1.29, 1.82) is 0 Å². The second-order valence-electron chi connectivity index (χ2n) is 4.52. The maximum atomic E-state index is 5.63. The van der Waals surface area contributed by atoms with Crippen LogP contribution in [0.3, 0.4) is 0 Å². The molecule has 1 aliphatic rings. The first kappa shape index (κ1) is 11.5.